The van der Waals surface area contributed by atoms with Crippen LogP contribution in [0.2, 0.25) is 0 Å². The van der Waals surface area contributed by atoms with Crippen molar-refractivity contribution in [3.63, 3.8) is 0 Å². The van der Waals surface area contributed by atoms with E-state index in [-0.39, 0.29) is 6.61 Å². The predicted molar refractivity (Wildman–Crippen MR) is 118 cm³/mol. The molecule has 0 unspecified atom stereocenters. The third-order valence-corrected chi connectivity index (χ3v) is 7.69. The Morgan fingerprint density at radius 1 is 1.25 bits per heavy atom. The van der Waals surface area contributed by atoms with Crippen LogP contribution in [0.3, 0.4) is 0 Å². The largest absolute Gasteiger partial charge is 0.395 e. The third kappa shape index (κ3) is 3.18. The van der Waals surface area contributed by atoms with Gasteiger partial charge in [0.1, 0.15) is 4.83 Å². The Hall–Kier alpha value is -2.06. The van der Waals surface area contributed by atoms with Gasteiger partial charge in [-0.3, -0.25) is 4.90 Å². The van der Waals surface area contributed by atoms with Crippen molar-refractivity contribution in [3.05, 3.63) is 46.9 Å². The molecule has 4 aromatic rings. The Morgan fingerprint density at radius 3 is 3.07 bits per heavy atom. The number of nitrogens with zero attached hydrogens (tertiary/aromatic N) is 3. The molecule has 144 valence electrons. The van der Waals surface area contributed by atoms with E-state index in [1.165, 1.54) is 15.0 Å². The summed E-state index contributed by atoms with van der Waals surface area (Å²) in [4.78, 5) is 13.9. The number of aliphatic hydroxyl groups excluding tert-OH is 1. The molecule has 7 heteroatoms. The number of fused-ring (bicyclic) bond motifs is 2. The van der Waals surface area contributed by atoms with Crippen LogP contribution in [0.5, 0.6) is 0 Å². The lowest BCUT2D eigenvalue weighted by atomic mass is 9.99. The van der Waals surface area contributed by atoms with Crippen molar-refractivity contribution in [1.82, 2.24) is 14.9 Å². The summed E-state index contributed by atoms with van der Waals surface area (Å²) in [6.45, 7) is 4.30. The molecule has 1 saturated heterocycles. The minimum atomic E-state index is 0.225. The Labute approximate surface area is 171 Å². The average molecular weight is 411 g/mol. The molecule has 2 atom stereocenters. The number of aromatic nitrogens is 2. The summed E-state index contributed by atoms with van der Waals surface area (Å²) in [5.41, 5.74) is 5.03. The first-order chi connectivity index (χ1) is 13.7. The lowest BCUT2D eigenvalue weighted by Crippen LogP contribution is -2.31. The van der Waals surface area contributed by atoms with E-state index in [4.69, 9.17) is 0 Å². The maximum Gasteiger partial charge on any atom is 0.125 e. The van der Waals surface area contributed by atoms with Crippen molar-refractivity contribution < 1.29 is 5.11 Å². The van der Waals surface area contributed by atoms with Gasteiger partial charge in [0, 0.05) is 40.7 Å². The number of hydrogen-bond acceptors (Lipinski definition) is 7. The zero-order valence-electron chi connectivity index (χ0n) is 15.6. The van der Waals surface area contributed by atoms with E-state index in [0.717, 1.165) is 41.2 Å². The number of β-amino-alcohol motifs (C(OH)–C–C–N with tert-alkyl or cyclic N) is 1. The SMILES string of the molecule is C[C@H]1[C@H](c2cc3c(Nc4ccc5scnc5c4)ccnc3s2)CCN1CCO. The molecule has 28 heavy (non-hydrogen) atoms. The van der Waals surface area contributed by atoms with E-state index in [2.05, 4.69) is 51.4 Å². The van der Waals surface area contributed by atoms with Crippen molar-refractivity contribution >= 4 is 54.5 Å². The van der Waals surface area contributed by atoms with E-state index in [1.807, 2.05) is 17.8 Å². The number of hydrogen-bond donors (Lipinski definition) is 2. The zero-order chi connectivity index (χ0) is 19.1. The molecule has 0 spiro atoms. The molecule has 1 aliphatic heterocycles. The highest BCUT2D eigenvalue weighted by molar-refractivity contribution is 7.18. The van der Waals surface area contributed by atoms with E-state index >= 15 is 0 Å². The number of nitrogens with one attached hydrogen (secondary N) is 1. The normalized spacial score (nSPS) is 20.4. The van der Waals surface area contributed by atoms with Crippen LogP contribution in [-0.2, 0) is 0 Å². The molecule has 2 N–H and O–H groups in total. The van der Waals surface area contributed by atoms with Gasteiger partial charge in [-0.25, -0.2) is 9.97 Å². The first-order valence-electron chi connectivity index (χ1n) is 9.56. The van der Waals surface area contributed by atoms with E-state index < -0.39 is 0 Å². The van der Waals surface area contributed by atoms with Crippen LogP contribution >= 0.6 is 22.7 Å². The van der Waals surface area contributed by atoms with Crippen LogP contribution in [0.15, 0.2) is 42.0 Å². The highest BCUT2D eigenvalue weighted by atomic mass is 32.1. The topological polar surface area (TPSA) is 61.3 Å². The number of thiophene rings is 1. The third-order valence-electron chi connectivity index (χ3n) is 5.70. The molecule has 4 heterocycles. The quantitative estimate of drug-likeness (QED) is 0.494. The van der Waals surface area contributed by atoms with Gasteiger partial charge < -0.3 is 10.4 Å². The van der Waals surface area contributed by atoms with Gasteiger partial charge in [-0.05, 0) is 50.2 Å². The molecule has 1 aromatic carbocycles. The van der Waals surface area contributed by atoms with Crippen LogP contribution in [-0.4, -0.2) is 45.7 Å². The van der Waals surface area contributed by atoms with Gasteiger partial charge in [-0.15, -0.1) is 22.7 Å². The Kier molecular flexibility index (Phi) is 4.76. The Bertz CT molecular complexity index is 1120. The van der Waals surface area contributed by atoms with Crippen molar-refractivity contribution in [2.75, 3.05) is 25.0 Å². The smallest absolute Gasteiger partial charge is 0.125 e. The molecule has 5 nitrogen and oxygen atoms in total. The molecule has 0 radical (unpaired) electrons. The lowest BCUT2D eigenvalue weighted by molar-refractivity contribution is 0.188. The zero-order valence-corrected chi connectivity index (χ0v) is 17.3. The van der Waals surface area contributed by atoms with Gasteiger partial charge in [0.2, 0.25) is 0 Å². The maximum atomic E-state index is 9.28. The average Bonchev–Trinajstić information content (AvgIpc) is 3.41. The minimum absolute atomic E-state index is 0.225. The van der Waals surface area contributed by atoms with Crippen LogP contribution in [0.1, 0.15) is 24.1 Å². The molecular weight excluding hydrogens is 388 g/mol. The summed E-state index contributed by atoms with van der Waals surface area (Å²) in [7, 11) is 0. The van der Waals surface area contributed by atoms with E-state index in [1.54, 1.807) is 22.7 Å². The molecule has 5 rings (SSSR count). The standard InChI is InChI=1S/C21H22N4OS2/c1-13-15(5-7-25(13)8-9-26)20-11-16-17(4-6-22-21(16)28-20)24-14-2-3-19-18(10-14)23-12-27-19/h2-4,6,10-13,15,26H,5,7-9H2,1H3,(H,22,24)/t13-,15+/m0/s1. The molecule has 3 aromatic heterocycles. The molecule has 1 fully saturated rings. The fourth-order valence-electron chi connectivity index (χ4n) is 4.17. The first-order valence-corrected chi connectivity index (χ1v) is 11.3. The van der Waals surface area contributed by atoms with Crippen molar-refractivity contribution in [2.24, 2.45) is 0 Å². The van der Waals surface area contributed by atoms with Crippen molar-refractivity contribution in [1.29, 1.82) is 0 Å². The fraction of sp³-hybridized carbons (Fsp3) is 0.333. The van der Waals surface area contributed by atoms with E-state index in [0.29, 0.717) is 12.0 Å². The van der Waals surface area contributed by atoms with Crippen LogP contribution in [0.4, 0.5) is 11.4 Å². The lowest BCUT2D eigenvalue weighted by Gasteiger charge is -2.23. The second kappa shape index (κ2) is 7.40. The van der Waals surface area contributed by atoms with Gasteiger partial charge in [-0.2, -0.15) is 0 Å². The number of thiazole rings is 1. The Balaban J connectivity index is 1.46. The van der Waals surface area contributed by atoms with Gasteiger partial charge in [-0.1, -0.05) is 0 Å². The summed E-state index contributed by atoms with van der Waals surface area (Å²) < 4.78 is 1.20. The maximum absolute atomic E-state index is 9.28. The van der Waals surface area contributed by atoms with Gasteiger partial charge in [0.25, 0.3) is 0 Å². The molecular formula is C21H22N4OS2. The minimum Gasteiger partial charge on any atom is -0.395 e. The van der Waals surface area contributed by atoms with Crippen molar-refractivity contribution in [2.45, 2.75) is 25.3 Å². The monoisotopic (exact) mass is 410 g/mol. The summed E-state index contributed by atoms with van der Waals surface area (Å²) in [5, 5.41) is 14.0. The van der Waals surface area contributed by atoms with Gasteiger partial charge >= 0.3 is 0 Å². The Morgan fingerprint density at radius 2 is 2.18 bits per heavy atom. The summed E-state index contributed by atoms with van der Waals surface area (Å²) >= 11 is 3.46. The summed E-state index contributed by atoms with van der Waals surface area (Å²) in [6, 6.07) is 11.1. The van der Waals surface area contributed by atoms with E-state index in [9.17, 15) is 5.11 Å². The number of anilines is 2. The predicted octanol–water partition coefficient (Wildman–Crippen LogP) is 4.82. The number of pyridine rings is 1. The van der Waals surface area contributed by atoms with Gasteiger partial charge in [0.05, 0.1) is 28.0 Å². The summed E-state index contributed by atoms with van der Waals surface area (Å²) in [5.74, 6) is 0.505. The second-order valence-electron chi connectivity index (χ2n) is 7.28. The molecule has 0 bridgehead atoms. The number of rotatable bonds is 5. The second-order valence-corrected chi connectivity index (χ2v) is 9.23. The summed E-state index contributed by atoms with van der Waals surface area (Å²) in [6.07, 6.45) is 3.01. The highest BCUT2D eigenvalue weighted by Crippen LogP contribution is 2.41. The highest BCUT2D eigenvalue weighted by Gasteiger charge is 2.32. The number of aliphatic hydroxyl groups is 1. The molecule has 0 aliphatic carbocycles. The first kappa shape index (κ1) is 18.0. The van der Waals surface area contributed by atoms with Crippen molar-refractivity contribution in [3.8, 4) is 0 Å². The number of likely N-dealkylation sites (tertiary alicyclic amines) is 1. The molecule has 1 aliphatic rings. The van der Waals surface area contributed by atoms with Gasteiger partial charge in [0.15, 0.2) is 0 Å². The number of benzene rings is 1. The van der Waals surface area contributed by atoms with Crippen LogP contribution in [0.25, 0.3) is 20.4 Å². The fourth-order valence-corrected chi connectivity index (χ4v) is 6.09. The van der Waals surface area contributed by atoms with Crippen LogP contribution in [0, 0.1) is 0 Å². The molecule has 0 saturated carbocycles. The van der Waals surface area contributed by atoms with Crippen LogP contribution < -0.4 is 5.32 Å². The molecule has 0 amide bonds.